The summed E-state index contributed by atoms with van der Waals surface area (Å²) in [5.74, 6) is -0.301. The first-order valence-electron chi connectivity index (χ1n) is 7.83. The van der Waals surface area contributed by atoms with Gasteiger partial charge in [0, 0.05) is 18.3 Å². The van der Waals surface area contributed by atoms with E-state index in [-0.39, 0.29) is 19.1 Å². The maximum absolute atomic E-state index is 12.2. The first kappa shape index (κ1) is 15.7. The number of cyclic esters (lactones) is 1. The van der Waals surface area contributed by atoms with E-state index in [1.54, 1.807) is 23.1 Å². The number of hydrogen-bond acceptors (Lipinski definition) is 7. The first-order chi connectivity index (χ1) is 12.1. The molecule has 1 unspecified atom stereocenters. The van der Waals surface area contributed by atoms with Gasteiger partial charge in [-0.1, -0.05) is 0 Å². The molecule has 25 heavy (non-hydrogen) atoms. The van der Waals surface area contributed by atoms with Gasteiger partial charge in [-0.3, -0.25) is 9.69 Å². The Morgan fingerprint density at radius 1 is 1.32 bits per heavy atom. The van der Waals surface area contributed by atoms with E-state index in [0.29, 0.717) is 30.3 Å². The smallest absolute Gasteiger partial charge is 0.415 e. The predicted octanol–water partition coefficient (Wildman–Crippen LogP) is 0.309. The zero-order chi connectivity index (χ0) is 17.6. The predicted molar refractivity (Wildman–Crippen MR) is 83.7 cm³/mol. The number of anilines is 2. The van der Waals surface area contributed by atoms with Crippen LogP contribution in [0.25, 0.3) is 0 Å². The Bertz CT molecular complexity index is 750. The number of ether oxygens (including phenoxy) is 4. The molecular formula is C16H16N2O7. The minimum absolute atomic E-state index is 0.0409. The van der Waals surface area contributed by atoms with Gasteiger partial charge in [-0.15, -0.1) is 0 Å². The fourth-order valence-corrected chi connectivity index (χ4v) is 3.23. The molecule has 0 aliphatic carbocycles. The maximum Gasteiger partial charge on any atom is 0.415 e. The summed E-state index contributed by atoms with van der Waals surface area (Å²) in [5.41, 5.74) is 1.17. The normalized spacial score (nSPS) is 25.0. The summed E-state index contributed by atoms with van der Waals surface area (Å²) in [5, 5.41) is 0. The van der Waals surface area contributed by atoms with E-state index < -0.39 is 24.2 Å². The number of methoxy groups -OCH3 is 1. The molecule has 1 aromatic carbocycles. The van der Waals surface area contributed by atoms with Crippen LogP contribution in [-0.4, -0.2) is 63.6 Å². The minimum atomic E-state index is -1.02. The van der Waals surface area contributed by atoms with E-state index in [2.05, 4.69) is 4.74 Å². The number of fused-ring (bicyclic) bond motifs is 3. The maximum atomic E-state index is 12.2. The molecule has 2 atom stereocenters. The molecule has 3 aliphatic heterocycles. The van der Waals surface area contributed by atoms with Crippen molar-refractivity contribution in [3.8, 4) is 5.75 Å². The van der Waals surface area contributed by atoms with Crippen LogP contribution in [0.2, 0.25) is 0 Å². The van der Waals surface area contributed by atoms with E-state index in [0.717, 1.165) is 0 Å². The molecule has 0 aromatic heterocycles. The second kappa shape index (κ2) is 5.92. The van der Waals surface area contributed by atoms with Gasteiger partial charge in [-0.05, 0) is 12.1 Å². The van der Waals surface area contributed by atoms with E-state index in [4.69, 9.17) is 14.2 Å². The largest absolute Gasteiger partial charge is 0.489 e. The average Bonchev–Trinajstić information content (AvgIpc) is 2.98. The van der Waals surface area contributed by atoms with Crippen LogP contribution in [-0.2, 0) is 23.8 Å². The Kier molecular flexibility index (Phi) is 3.72. The SMILES string of the molecule is COC(=O)C1OC(=O)N2c3ccc(N4CCOCC4=O)cc3OC[C@@H]12. The zero-order valence-corrected chi connectivity index (χ0v) is 13.5. The summed E-state index contributed by atoms with van der Waals surface area (Å²) in [7, 11) is 1.24. The molecule has 132 valence electrons. The fraction of sp³-hybridized carbons (Fsp3) is 0.438. The highest BCUT2D eigenvalue weighted by molar-refractivity contribution is 5.99. The molecule has 0 radical (unpaired) electrons. The number of carbonyl (C=O) groups is 3. The van der Waals surface area contributed by atoms with E-state index in [1.165, 1.54) is 12.0 Å². The third-order valence-corrected chi connectivity index (χ3v) is 4.45. The van der Waals surface area contributed by atoms with Crippen LogP contribution in [0.5, 0.6) is 5.75 Å². The van der Waals surface area contributed by atoms with Gasteiger partial charge in [0.2, 0.25) is 6.10 Å². The molecule has 3 heterocycles. The van der Waals surface area contributed by atoms with Crippen molar-refractivity contribution in [2.75, 3.05) is 43.3 Å². The molecular weight excluding hydrogens is 332 g/mol. The highest BCUT2D eigenvalue weighted by Crippen LogP contribution is 2.41. The molecule has 2 saturated heterocycles. The van der Waals surface area contributed by atoms with Crippen LogP contribution in [0.1, 0.15) is 0 Å². The number of esters is 1. The number of amides is 2. The highest BCUT2D eigenvalue weighted by atomic mass is 16.6. The van der Waals surface area contributed by atoms with Crippen molar-refractivity contribution in [2.45, 2.75) is 12.1 Å². The molecule has 3 aliphatic rings. The van der Waals surface area contributed by atoms with Crippen molar-refractivity contribution in [3.63, 3.8) is 0 Å². The molecule has 0 saturated carbocycles. The quantitative estimate of drug-likeness (QED) is 0.710. The van der Waals surface area contributed by atoms with Crippen molar-refractivity contribution >= 4 is 29.3 Å². The van der Waals surface area contributed by atoms with Crippen LogP contribution in [0.3, 0.4) is 0 Å². The second-order valence-electron chi connectivity index (χ2n) is 5.83. The number of rotatable bonds is 2. The Labute approximate surface area is 143 Å². The zero-order valence-electron chi connectivity index (χ0n) is 13.5. The van der Waals surface area contributed by atoms with Gasteiger partial charge in [-0.25, -0.2) is 9.59 Å². The van der Waals surface area contributed by atoms with Gasteiger partial charge in [0.05, 0.1) is 19.4 Å². The molecule has 2 fully saturated rings. The highest BCUT2D eigenvalue weighted by Gasteiger charge is 2.50. The van der Waals surface area contributed by atoms with Crippen LogP contribution in [0.4, 0.5) is 16.2 Å². The molecule has 9 nitrogen and oxygen atoms in total. The fourth-order valence-electron chi connectivity index (χ4n) is 3.23. The standard InChI is InChI=1S/C16H16N2O7/c1-22-15(20)14-11-7-24-12-6-9(17-4-5-23-8-13(17)19)2-3-10(12)18(11)16(21)25-14/h2-3,6,11,14H,4-5,7-8H2,1H3/t11-,14?/m0/s1. The summed E-state index contributed by atoms with van der Waals surface area (Å²) in [4.78, 5) is 39.0. The topological polar surface area (TPSA) is 94.6 Å². The van der Waals surface area contributed by atoms with Gasteiger partial charge in [0.15, 0.2) is 0 Å². The van der Waals surface area contributed by atoms with Gasteiger partial charge in [0.25, 0.3) is 5.91 Å². The summed E-state index contributed by atoms with van der Waals surface area (Å²) in [6.07, 6.45) is -1.65. The lowest BCUT2D eigenvalue weighted by molar-refractivity contribution is -0.150. The van der Waals surface area contributed by atoms with E-state index in [9.17, 15) is 14.4 Å². The van der Waals surface area contributed by atoms with Crippen LogP contribution < -0.4 is 14.5 Å². The number of nitrogens with zero attached hydrogens (tertiary/aromatic N) is 2. The third kappa shape index (κ3) is 2.47. The van der Waals surface area contributed by atoms with Crippen molar-refractivity contribution in [1.29, 1.82) is 0 Å². The van der Waals surface area contributed by atoms with E-state index in [1.807, 2.05) is 0 Å². The number of morpholine rings is 1. The Balaban J connectivity index is 1.64. The summed E-state index contributed by atoms with van der Waals surface area (Å²) < 4.78 is 20.7. The summed E-state index contributed by atoms with van der Waals surface area (Å²) in [6.45, 7) is 1.06. The summed E-state index contributed by atoms with van der Waals surface area (Å²) >= 11 is 0. The summed E-state index contributed by atoms with van der Waals surface area (Å²) in [6, 6.07) is 4.53. The van der Waals surface area contributed by atoms with Crippen molar-refractivity contribution in [2.24, 2.45) is 0 Å². The molecule has 0 N–H and O–H groups in total. The third-order valence-electron chi connectivity index (χ3n) is 4.45. The van der Waals surface area contributed by atoms with Crippen molar-refractivity contribution in [1.82, 2.24) is 0 Å². The van der Waals surface area contributed by atoms with Crippen molar-refractivity contribution in [3.05, 3.63) is 18.2 Å². The lowest BCUT2D eigenvalue weighted by Crippen LogP contribution is -2.47. The molecule has 0 spiro atoms. The first-order valence-corrected chi connectivity index (χ1v) is 7.83. The Morgan fingerprint density at radius 2 is 2.16 bits per heavy atom. The molecule has 0 bridgehead atoms. The van der Waals surface area contributed by atoms with Crippen molar-refractivity contribution < 1.29 is 33.3 Å². The molecule has 9 heteroatoms. The number of benzene rings is 1. The molecule has 4 rings (SSSR count). The Hall–Kier alpha value is -2.81. The minimum Gasteiger partial charge on any atom is -0.489 e. The average molecular weight is 348 g/mol. The second-order valence-corrected chi connectivity index (χ2v) is 5.83. The lowest BCUT2D eigenvalue weighted by atomic mass is 10.1. The van der Waals surface area contributed by atoms with Crippen LogP contribution >= 0.6 is 0 Å². The van der Waals surface area contributed by atoms with E-state index >= 15 is 0 Å². The van der Waals surface area contributed by atoms with Gasteiger partial charge in [-0.2, -0.15) is 0 Å². The van der Waals surface area contributed by atoms with Crippen LogP contribution in [0, 0.1) is 0 Å². The number of carbonyl (C=O) groups excluding carboxylic acids is 3. The van der Waals surface area contributed by atoms with Gasteiger partial charge < -0.3 is 23.8 Å². The van der Waals surface area contributed by atoms with Gasteiger partial charge >= 0.3 is 12.1 Å². The molecule has 1 aromatic rings. The monoisotopic (exact) mass is 348 g/mol. The van der Waals surface area contributed by atoms with Crippen LogP contribution in [0.15, 0.2) is 18.2 Å². The lowest BCUT2D eigenvalue weighted by Gasteiger charge is -2.32. The molecule has 2 amide bonds. The van der Waals surface area contributed by atoms with Gasteiger partial charge in [0.1, 0.15) is 25.0 Å². The Morgan fingerprint density at radius 3 is 2.92 bits per heavy atom. The number of hydrogen-bond donors (Lipinski definition) is 0.